The molecule has 0 atom stereocenters. The van der Waals surface area contributed by atoms with Crippen LogP contribution < -0.4 is 10.5 Å². The fourth-order valence-corrected chi connectivity index (χ4v) is 1.41. The van der Waals surface area contributed by atoms with Crippen LogP contribution in [0.3, 0.4) is 0 Å². The predicted molar refractivity (Wildman–Crippen MR) is 70.2 cm³/mol. The molecule has 0 saturated heterocycles. The number of rotatable bonds is 4. The van der Waals surface area contributed by atoms with Gasteiger partial charge in [0.25, 0.3) is 0 Å². The van der Waals surface area contributed by atoms with Gasteiger partial charge in [0.05, 0.1) is 0 Å². The van der Waals surface area contributed by atoms with Crippen LogP contribution in [0.2, 0.25) is 0 Å². The summed E-state index contributed by atoms with van der Waals surface area (Å²) in [5, 5.41) is 8.15. The van der Waals surface area contributed by atoms with Gasteiger partial charge >= 0.3 is 0 Å². The largest absolute Gasteiger partial charge is 0.356 e. The lowest BCUT2D eigenvalue weighted by molar-refractivity contribution is -0.118. The van der Waals surface area contributed by atoms with Crippen molar-refractivity contribution >= 4 is 17.9 Å². The van der Waals surface area contributed by atoms with Gasteiger partial charge < -0.3 is 5.32 Å². The van der Waals surface area contributed by atoms with Gasteiger partial charge in [-0.1, -0.05) is 26.0 Å². The number of carbonyl (C=O) groups excluding carboxylic acids is 1. The third kappa shape index (κ3) is 6.48. The first kappa shape index (κ1) is 15.0. The van der Waals surface area contributed by atoms with Crippen LogP contribution in [0.5, 0.6) is 0 Å². The van der Waals surface area contributed by atoms with Crippen molar-refractivity contribution in [2.75, 3.05) is 6.54 Å². The van der Waals surface area contributed by atoms with E-state index in [9.17, 15) is 4.79 Å². The molecule has 0 heterocycles. The number of nitrogens with two attached hydrogens (primary N) is 1. The molecular formula is C12H20N2OS. The molecule has 3 N–H and O–H groups in total. The Bertz CT molecular complexity index is 298. The Balaban J connectivity index is 0.00000106. The summed E-state index contributed by atoms with van der Waals surface area (Å²) in [7, 11) is 0. The van der Waals surface area contributed by atoms with Crippen LogP contribution in [0.4, 0.5) is 0 Å². The number of carbonyl (C=O) groups is 1. The van der Waals surface area contributed by atoms with Gasteiger partial charge in [0.2, 0.25) is 5.91 Å². The van der Waals surface area contributed by atoms with Crippen molar-refractivity contribution in [3.8, 4) is 0 Å². The molecule has 1 aromatic rings. The SMILES string of the molecule is CC.CC(=O)NCCc1ccc(SN)cc1. The second-order valence-electron chi connectivity index (χ2n) is 2.99. The Morgan fingerprint density at radius 2 is 1.88 bits per heavy atom. The molecular weight excluding hydrogens is 220 g/mol. The molecule has 0 unspecified atom stereocenters. The van der Waals surface area contributed by atoms with E-state index < -0.39 is 0 Å². The molecule has 0 spiro atoms. The number of nitrogens with one attached hydrogen (secondary N) is 1. The minimum Gasteiger partial charge on any atom is -0.356 e. The van der Waals surface area contributed by atoms with Gasteiger partial charge in [-0.25, -0.2) is 0 Å². The minimum atomic E-state index is 0.0131. The summed E-state index contributed by atoms with van der Waals surface area (Å²) >= 11 is 1.24. The molecule has 0 aliphatic heterocycles. The van der Waals surface area contributed by atoms with Gasteiger partial charge in [-0.05, 0) is 36.1 Å². The van der Waals surface area contributed by atoms with Gasteiger partial charge in [-0.2, -0.15) is 0 Å². The van der Waals surface area contributed by atoms with E-state index in [1.165, 1.54) is 24.4 Å². The lowest BCUT2D eigenvalue weighted by atomic mass is 10.1. The van der Waals surface area contributed by atoms with Crippen molar-refractivity contribution < 1.29 is 4.79 Å². The van der Waals surface area contributed by atoms with Gasteiger partial charge in [-0.3, -0.25) is 9.93 Å². The molecule has 0 saturated carbocycles. The molecule has 1 rings (SSSR count). The molecule has 0 bridgehead atoms. The average Bonchev–Trinajstić information content (AvgIpc) is 2.32. The van der Waals surface area contributed by atoms with E-state index in [4.69, 9.17) is 5.14 Å². The third-order valence-corrected chi connectivity index (χ3v) is 2.39. The van der Waals surface area contributed by atoms with Crippen molar-refractivity contribution in [3.05, 3.63) is 29.8 Å². The molecule has 0 aliphatic carbocycles. The zero-order valence-corrected chi connectivity index (χ0v) is 10.9. The van der Waals surface area contributed by atoms with Crippen molar-refractivity contribution in [1.29, 1.82) is 0 Å². The highest BCUT2D eigenvalue weighted by molar-refractivity contribution is 7.97. The van der Waals surface area contributed by atoms with Crippen molar-refractivity contribution in [2.45, 2.75) is 32.1 Å². The van der Waals surface area contributed by atoms with Crippen LogP contribution in [-0.4, -0.2) is 12.5 Å². The van der Waals surface area contributed by atoms with E-state index in [2.05, 4.69) is 5.32 Å². The van der Waals surface area contributed by atoms with Crippen LogP contribution in [0.25, 0.3) is 0 Å². The van der Waals surface area contributed by atoms with Crippen LogP contribution in [0.15, 0.2) is 29.2 Å². The lowest BCUT2D eigenvalue weighted by Gasteiger charge is -2.03. The summed E-state index contributed by atoms with van der Waals surface area (Å²) < 4.78 is 0. The highest BCUT2D eigenvalue weighted by Gasteiger charge is 1.95. The fourth-order valence-electron chi connectivity index (χ4n) is 1.12. The molecule has 0 radical (unpaired) electrons. The van der Waals surface area contributed by atoms with Crippen molar-refractivity contribution in [1.82, 2.24) is 5.32 Å². The van der Waals surface area contributed by atoms with Crippen molar-refractivity contribution in [3.63, 3.8) is 0 Å². The Morgan fingerprint density at radius 1 is 1.31 bits per heavy atom. The maximum Gasteiger partial charge on any atom is 0.216 e. The van der Waals surface area contributed by atoms with Gasteiger partial charge in [-0.15, -0.1) is 0 Å². The number of amides is 1. The summed E-state index contributed by atoms with van der Waals surface area (Å²) in [6.07, 6.45) is 0.856. The zero-order valence-electron chi connectivity index (χ0n) is 10.1. The normalized spacial score (nSPS) is 9.00. The predicted octanol–water partition coefficient (Wildman–Crippen LogP) is 2.36. The molecule has 16 heavy (non-hydrogen) atoms. The summed E-state index contributed by atoms with van der Waals surface area (Å²) in [5.41, 5.74) is 1.21. The summed E-state index contributed by atoms with van der Waals surface area (Å²) in [6, 6.07) is 8.01. The molecule has 3 nitrogen and oxygen atoms in total. The topological polar surface area (TPSA) is 55.1 Å². The highest BCUT2D eigenvalue weighted by Crippen LogP contribution is 2.12. The average molecular weight is 240 g/mol. The van der Waals surface area contributed by atoms with E-state index >= 15 is 0 Å². The standard InChI is InChI=1S/C10H14N2OS.C2H6/c1-8(13)12-7-6-9-2-4-10(14-11)5-3-9;1-2/h2-5H,6-7,11H2,1H3,(H,12,13);1-2H3. The Labute approximate surface area is 102 Å². The van der Waals surface area contributed by atoms with Crippen LogP contribution in [-0.2, 0) is 11.2 Å². The lowest BCUT2D eigenvalue weighted by Crippen LogP contribution is -2.22. The molecule has 4 heteroatoms. The third-order valence-electron chi connectivity index (χ3n) is 1.85. The highest BCUT2D eigenvalue weighted by atomic mass is 32.2. The molecule has 1 amide bonds. The maximum atomic E-state index is 10.6. The Morgan fingerprint density at radius 3 is 2.31 bits per heavy atom. The Hall–Kier alpha value is -1.00. The zero-order chi connectivity index (χ0) is 12.4. The minimum absolute atomic E-state index is 0.0131. The monoisotopic (exact) mass is 240 g/mol. The van der Waals surface area contributed by atoms with Crippen molar-refractivity contribution in [2.24, 2.45) is 5.14 Å². The Kier molecular flexibility index (Phi) is 8.66. The summed E-state index contributed by atoms with van der Waals surface area (Å²) in [6.45, 7) is 6.21. The van der Waals surface area contributed by atoms with E-state index in [-0.39, 0.29) is 5.91 Å². The smallest absolute Gasteiger partial charge is 0.216 e. The second-order valence-corrected chi connectivity index (χ2v) is 3.70. The van der Waals surface area contributed by atoms with E-state index in [1.54, 1.807) is 0 Å². The molecule has 0 fully saturated rings. The van der Waals surface area contributed by atoms with Crippen LogP contribution in [0, 0.1) is 0 Å². The van der Waals surface area contributed by atoms with Gasteiger partial charge in [0.1, 0.15) is 0 Å². The first-order valence-electron chi connectivity index (χ1n) is 5.42. The summed E-state index contributed by atoms with van der Waals surface area (Å²) in [4.78, 5) is 11.7. The number of hydrogen-bond acceptors (Lipinski definition) is 3. The van der Waals surface area contributed by atoms with Crippen LogP contribution in [0.1, 0.15) is 26.3 Å². The van der Waals surface area contributed by atoms with Gasteiger partial charge in [0.15, 0.2) is 0 Å². The maximum absolute atomic E-state index is 10.6. The number of hydrogen-bond donors (Lipinski definition) is 2. The van der Waals surface area contributed by atoms with E-state index in [1.807, 2.05) is 38.1 Å². The quantitative estimate of drug-likeness (QED) is 0.794. The van der Waals surface area contributed by atoms with Gasteiger partial charge in [0, 0.05) is 18.4 Å². The molecule has 90 valence electrons. The first-order chi connectivity index (χ1) is 7.72. The number of benzene rings is 1. The summed E-state index contributed by atoms with van der Waals surface area (Å²) in [5.74, 6) is 0.0131. The fraction of sp³-hybridized carbons (Fsp3) is 0.417. The first-order valence-corrected chi connectivity index (χ1v) is 6.30. The second kappa shape index (κ2) is 9.24. The van der Waals surface area contributed by atoms with Crippen LogP contribution >= 0.6 is 11.9 Å². The van der Waals surface area contributed by atoms with E-state index in [0.717, 1.165) is 11.3 Å². The molecule has 0 aromatic heterocycles. The van der Waals surface area contributed by atoms with E-state index in [0.29, 0.717) is 6.54 Å². The molecule has 1 aromatic carbocycles. The molecule has 0 aliphatic rings.